The predicted octanol–water partition coefficient (Wildman–Crippen LogP) is 3.50. The molecule has 0 heterocycles. The first-order valence-electron chi connectivity index (χ1n) is 8.39. The lowest BCUT2D eigenvalue weighted by atomic mass is 10.0. The third kappa shape index (κ3) is 4.27. The van der Waals surface area contributed by atoms with Crippen LogP contribution in [0, 0.1) is 0 Å². The number of para-hydroxylation sites is 1. The van der Waals surface area contributed by atoms with Gasteiger partial charge in [-0.2, -0.15) is 0 Å². The molecule has 0 atom stereocenters. The van der Waals surface area contributed by atoms with E-state index in [1.807, 2.05) is 24.3 Å². The largest absolute Gasteiger partial charge is 0.322 e. The molecule has 1 saturated carbocycles. The molecule has 2 aromatic rings. The van der Waals surface area contributed by atoms with Gasteiger partial charge in [0, 0.05) is 17.3 Å². The predicted molar refractivity (Wildman–Crippen MR) is 98.3 cm³/mol. The van der Waals surface area contributed by atoms with Crippen molar-refractivity contribution in [2.75, 3.05) is 5.32 Å². The highest BCUT2D eigenvalue weighted by Gasteiger charge is 2.28. The Morgan fingerprint density at radius 1 is 1.08 bits per heavy atom. The first-order valence-corrected chi connectivity index (χ1v) is 9.88. The topological polar surface area (TPSA) is 75.3 Å². The number of sulfonamides is 1. The Morgan fingerprint density at radius 3 is 2.48 bits per heavy atom. The van der Waals surface area contributed by atoms with Crippen LogP contribution in [0.25, 0.3) is 0 Å². The third-order valence-electron chi connectivity index (χ3n) is 4.14. The summed E-state index contributed by atoms with van der Waals surface area (Å²) in [4.78, 5) is 12.7. The van der Waals surface area contributed by atoms with Gasteiger partial charge in [-0.3, -0.25) is 4.79 Å². The zero-order valence-corrected chi connectivity index (χ0v) is 15.1. The van der Waals surface area contributed by atoms with Crippen molar-refractivity contribution in [1.82, 2.24) is 4.72 Å². The SMILES string of the molecule is CC(C)c1ccccc1NC(=O)c1cccc(S(=O)(=O)NC2CC2)c1. The number of anilines is 1. The number of carbonyl (C=O) groups is 1. The fraction of sp³-hybridized carbons (Fsp3) is 0.316. The number of hydrogen-bond donors (Lipinski definition) is 2. The van der Waals surface area contributed by atoms with E-state index in [0.29, 0.717) is 5.56 Å². The second-order valence-electron chi connectivity index (χ2n) is 6.62. The van der Waals surface area contributed by atoms with E-state index in [4.69, 9.17) is 0 Å². The van der Waals surface area contributed by atoms with Crippen molar-refractivity contribution in [2.45, 2.75) is 43.5 Å². The average Bonchev–Trinajstić information content (AvgIpc) is 3.38. The lowest BCUT2D eigenvalue weighted by molar-refractivity contribution is 0.102. The van der Waals surface area contributed by atoms with E-state index in [2.05, 4.69) is 23.9 Å². The normalized spacial score (nSPS) is 14.5. The van der Waals surface area contributed by atoms with Gasteiger partial charge in [-0.05, 0) is 48.6 Å². The molecular formula is C19H22N2O3S. The van der Waals surface area contributed by atoms with Crippen LogP contribution in [0.4, 0.5) is 5.69 Å². The molecule has 1 fully saturated rings. The van der Waals surface area contributed by atoms with Crippen LogP contribution in [0.1, 0.15) is 48.5 Å². The third-order valence-corrected chi connectivity index (χ3v) is 5.65. The number of amides is 1. The summed E-state index contributed by atoms with van der Waals surface area (Å²) in [6, 6.07) is 13.8. The summed E-state index contributed by atoms with van der Waals surface area (Å²) in [5.41, 5.74) is 2.10. The molecule has 0 aromatic heterocycles. The van der Waals surface area contributed by atoms with Gasteiger partial charge >= 0.3 is 0 Å². The standard InChI is InChI=1S/C19H22N2O3S/c1-13(2)17-8-3-4-9-18(17)20-19(22)14-6-5-7-16(12-14)25(23,24)21-15-10-11-15/h3-9,12-13,15,21H,10-11H2,1-2H3,(H,20,22). The van der Waals surface area contributed by atoms with Gasteiger partial charge in [-0.1, -0.05) is 38.1 Å². The van der Waals surface area contributed by atoms with Crippen molar-refractivity contribution in [3.8, 4) is 0 Å². The minimum atomic E-state index is -3.58. The summed E-state index contributed by atoms with van der Waals surface area (Å²) < 4.78 is 27.3. The summed E-state index contributed by atoms with van der Waals surface area (Å²) >= 11 is 0. The van der Waals surface area contributed by atoms with Gasteiger partial charge in [-0.25, -0.2) is 13.1 Å². The summed E-state index contributed by atoms with van der Waals surface area (Å²) in [6.07, 6.45) is 1.73. The molecule has 132 valence electrons. The molecule has 1 aliphatic rings. The molecule has 1 aliphatic carbocycles. The molecule has 25 heavy (non-hydrogen) atoms. The van der Waals surface area contributed by atoms with Crippen LogP contribution < -0.4 is 10.0 Å². The number of benzene rings is 2. The second kappa shape index (κ2) is 6.98. The van der Waals surface area contributed by atoms with E-state index >= 15 is 0 Å². The highest BCUT2D eigenvalue weighted by atomic mass is 32.2. The Bertz CT molecular complexity index is 887. The van der Waals surface area contributed by atoms with Crippen LogP contribution in [-0.2, 0) is 10.0 Å². The van der Waals surface area contributed by atoms with Gasteiger partial charge in [-0.15, -0.1) is 0 Å². The Kier molecular flexibility index (Phi) is 4.92. The average molecular weight is 358 g/mol. The Morgan fingerprint density at radius 2 is 1.80 bits per heavy atom. The van der Waals surface area contributed by atoms with Crippen molar-refractivity contribution in [1.29, 1.82) is 0 Å². The van der Waals surface area contributed by atoms with Gasteiger partial charge in [0.2, 0.25) is 10.0 Å². The summed E-state index contributed by atoms with van der Waals surface area (Å²) in [5, 5.41) is 2.89. The highest BCUT2D eigenvalue weighted by molar-refractivity contribution is 7.89. The lowest BCUT2D eigenvalue weighted by Crippen LogP contribution is -2.26. The summed E-state index contributed by atoms with van der Waals surface area (Å²) in [7, 11) is -3.58. The van der Waals surface area contributed by atoms with Crippen molar-refractivity contribution >= 4 is 21.6 Å². The van der Waals surface area contributed by atoms with Crippen LogP contribution in [0.2, 0.25) is 0 Å². The second-order valence-corrected chi connectivity index (χ2v) is 8.33. The smallest absolute Gasteiger partial charge is 0.255 e. The Labute approximate surface area is 148 Å². The van der Waals surface area contributed by atoms with Crippen molar-refractivity contribution in [3.63, 3.8) is 0 Å². The molecule has 6 heteroatoms. The fourth-order valence-corrected chi connectivity index (χ4v) is 3.95. The molecule has 0 aliphatic heterocycles. The van der Waals surface area contributed by atoms with Crippen LogP contribution in [0.3, 0.4) is 0 Å². The van der Waals surface area contributed by atoms with E-state index in [9.17, 15) is 13.2 Å². The monoisotopic (exact) mass is 358 g/mol. The molecule has 3 rings (SSSR count). The van der Waals surface area contributed by atoms with Crippen LogP contribution in [-0.4, -0.2) is 20.4 Å². The van der Waals surface area contributed by atoms with Gasteiger partial charge in [0.15, 0.2) is 0 Å². The molecule has 0 spiro atoms. The molecular weight excluding hydrogens is 336 g/mol. The first kappa shape index (κ1) is 17.6. The van der Waals surface area contributed by atoms with Gasteiger partial charge < -0.3 is 5.32 Å². The van der Waals surface area contributed by atoms with Gasteiger partial charge in [0.05, 0.1) is 4.90 Å². The highest BCUT2D eigenvalue weighted by Crippen LogP contribution is 2.25. The Hall–Kier alpha value is -2.18. The summed E-state index contributed by atoms with van der Waals surface area (Å²) in [5.74, 6) is -0.0532. The maximum atomic E-state index is 12.6. The van der Waals surface area contributed by atoms with Gasteiger partial charge in [0.1, 0.15) is 0 Å². The van der Waals surface area contributed by atoms with Crippen molar-refractivity contribution in [3.05, 3.63) is 59.7 Å². The number of hydrogen-bond acceptors (Lipinski definition) is 3. The minimum Gasteiger partial charge on any atom is -0.322 e. The molecule has 1 amide bonds. The molecule has 5 nitrogen and oxygen atoms in total. The van der Waals surface area contributed by atoms with Crippen LogP contribution >= 0.6 is 0 Å². The van der Waals surface area contributed by atoms with E-state index in [-0.39, 0.29) is 22.8 Å². The number of carbonyl (C=O) groups excluding carboxylic acids is 1. The van der Waals surface area contributed by atoms with Crippen LogP contribution in [0.15, 0.2) is 53.4 Å². The minimum absolute atomic E-state index is 0.0281. The molecule has 2 aromatic carbocycles. The van der Waals surface area contributed by atoms with E-state index < -0.39 is 10.0 Å². The number of rotatable bonds is 6. The number of nitrogens with one attached hydrogen (secondary N) is 2. The van der Waals surface area contributed by atoms with Crippen molar-refractivity contribution in [2.24, 2.45) is 0 Å². The quantitative estimate of drug-likeness (QED) is 0.830. The van der Waals surface area contributed by atoms with Crippen LogP contribution in [0.5, 0.6) is 0 Å². The van der Waals surface area contributed by atoms with E-state index in [1.165, 1.54) is 12.1 Å². The zero-order chi connectivity index (χ0) is 18.0. The maximum Gasteiger partial charge on any atom is 0.255 e. The fourth-order valence-electron chi connectivity index (χ4n) is 2.60. The van der Waals surface area contributed by atoms with Gasteiger partial charge in [0.25, 0.3) is 5.91 Å². The van der Waals surface area contributed by atoms with E-state index in [1.54, 1.807) is 12.1 Å². The molecule has 0 unspecified atom stereocenters. The molecule has 0 bridgehead atoms. The first-order chi connectivity index (χ1) is 11.9. The maximum absolute atomic E-state index is 12.6. The molecule has 2 N–H and O–H groups in total. The lowest BCUT2D eigenvalue weighted by Gasteiger charge is -2.14. The Balaban J connectivity index is 1.82. The molecule has 0 radical (unpaired) electrons. The zero-order valence-electron chi connectivity index (χ0n) is 14.3. The molecule has 0 saturated heterocycles. The summed E-state index contributed by atoms with van der Waals surface area (Å²) in [6.45, 7) is 4.11. The van der Waals surface area contributed by atoms with Crippen molar-refractivity contribution < 1.29 is 13.2 Å². The van der Waals surface area contributed by atoms with E-state index in [0.717, 1.165) is 24.1 Å².